The van der Waals surface area contributed by atoms with E-state index in [0.29, 0.717) is 5.56 Å². The molecule has 0 spiro atoms. The molecule has 0 aromatic heterocycles. The summed E-state index contributed by atoms with van der Waals surface area (Å²) in [4.78, 5) is 23.4. The maximum Gasteiger partial charge on any atom is 0.408 e. The molecule has 0 aliphatic rings. The number of hydrogen-bond acceptors (Lipinski definition) is 4. The van der Waals surface area contributed by atoms with Crippen LogP contribution in [-0.2, 0) is 9.53 Å². The number of hydrogen-bond donors (Lipinski definition) is 3. The van der Waals surface area contributed by atoms with E-state index in [1.807, 2.05) is 18.2 Å². The van der Waals surface area contributed by atoms with E-state index in [4.69, 9.17) is 4.74 Å². The number of aliphatic hydroxyl groups is 1. The molecule has 3 N–H and O–H groups in total. The average Bonchev–Trinajstić information content (AvgIpc) is 2.49. The van der Waals surface area contributed by atoms with E-state index >= 15 is 0 Å². The van der Waals surface area contributed by atoms with Crippen LogP contribution in [0.5, 0.6) is 0 Å². The van der Waals surface area contributed by atoms with Gasteiger partial charge in [0.25, 0.3) is 0 Å². The summed E-state index contributed by atoms with van der Waals surface area (Å²) in [5, 5.41) is 23.8. The Bertz CT molecular complexity index is 745. The topological polar surface area (TPSA) is 95.9 Å². The van der Waals surface area contributed by atoms with Crippen molar-refractivity contribution in [2.75, 3.05) is 0 Å². The zero-order chi connectivity index (χ0) is 17.9. The van der Waals surface area contributed by atoms with Gasteiger partial charge in [0.1, 0.15) is 11.7 Å². The fraction of sp³-hybridized carbons (Fsp3) is 0.333. The molecule has 0 heterocycles. The van der Waals surface area contributed by atoms with Crippen LogP contribution in [0, 0.1) is 0 Å². The minimum absolute atomic E-state index is 0.427. The van der Waals surface area contributed by atoms with E-state index in [9.17, 15) is 19.8 Å². The number of fused-ring (bicyclic) bond motifs is 1. The number of aliphatic hydroxyl groups excluding tert-OH is 1. The van der Waals surface area contributed by atoms with Crippen molar-refractivity contribution < 1.29 is 24.5 Å². The Balaban J connectivity index is 2.30. The Kier molecular flexibility index (Phi) is 5.09. The molecule has 0 aliphatic heterocycles. The van der Waals surface area contributed by atoms with Crippen LogP contribution in [0.25, 0.3) is 10.8 Å². The van der Waals surface area contributed by atoms with Gasteiger partial charge < -0.3 is 20.3 Å². The van der Waals surface area contributed by atoms with Crippen LogP contribution in [-0.4, -0.2) is 33.9 Å². The fourth-order valence-electron chi connectivity index (χ4n) is 2.40. The summed E-state index contributed by atoms with van der Waals surface area (Å²) >= 11 is 0. The Morgan fingerprint density at radius 3 is 2.33 bits per heavy atom. The zero-order valence-corrected chi connectivity index (χ0v) is 13.8. The summed E-state index contributed by atoms with van der Waals surface area (Å²) in [7, 11) is 0. The molecule has 0 unspecified atom stereocenters. The molecule has 24 heavy (non-hydrogen) atoms. The summed E-state index contributed by atoms with van der Waals surface area (Å²) in [6.07, 6.45) is -2.31. The first-order valence-corrected chi connectivity index (χ1v) is 7.57. The first-order valence-electron chi connectivity index (χ1n) is 7.57. The molecule has 1 amide bonds. The Labute approximate surface area is 140 Å². The van der Waals surface area contributed by atoms with Gasteiger partial charge in [-0.05, 0) is 37.1 Å². The third kappa shape index (κ3) is 4.23. The highest BCUT2D eigenvalue weighted by Crippen LogP contribution is 2.26. The van der Waals surface area contributed by atoms with Crippen molar-refractivity contribution >= 4 is 22.8 Å². The minimum atomic E-state index is -1.52. The van der Waals surface area contributed by atoms with Gasteiger partial charge in [-0.25, -0.2) is 9.59 Å². The van der Waals surface area contributed by atoms with Gasteiger partial charge in [0, 0.05) is 0 Å². The highest BCUT2D eigenvalue weighted by molar-refractivity contribution is 5.88. The Hall–Kier alpha value is -2.60. The van der Waals surface area contributed by atoms with Gasteiger partial charge in [-0.15, -0.1) is 0 Å². The van der Waals surface area contributed by atoms with Gasteiger partial charge in [-0.1, -0.05) is 42.5 Å². The van der Waals surface area contributed by atoms with Gasteiger partial charge in [-0.2, -0.15) is 0 Å². The molecule has 2 aromatic carbocycles. The SMILES string of the molecule is CC(C)(C)OC(=O)N[C@@H](C(=O)O)[C@@H](O)c1cccc2ccccc12. The quantitative estimate of drug-likeness (QED) is 0.800. The summed E-state index contributed by atoms with van der Waals surface area (Å²) in [5.41, 5.74) is -0.339. The van der Waals surface area contributed by atoms with Crippen LogP contribution in [0.2, 0.25) is 0 Å². The molecule has 0 radical (unpaired) electrons. The van der Waals surface area contributed by atoms with E-state index in [1.54, 1.807) is 45.0 Å². The maximum absolute atomic E-state index is 11.9. The lowest BCUT2D eigenvalue weighted by atomic mass is 9.96. The average molecular weight is 331 g/mol. The molecule has 6 heteroatoms. The molecule has 0 aliphatic carbocycles. The number of ether oxygens (including phenoxy) is 1. The van der Waals surface area contributed by atoms with Crippen LogP contribution < -0.4 is 5.32 Å². The largest absolute Gasteiger partial charge is 0.480 e. The molecule has 6 nitrogen and oxygen atoms in total. The normalized spacial score (nSPS) is 14.0. The number of alkyl carbamates (subject to hydrolysis) is 1. The maximum atomic E-state index is 11.9. The molecule has 0 fully saturated rings. The lowest BCUT2D eigenvalue weighted by molar-refractivity contribution is -0.142. The predicted octanol–water partition coefficient (Wildman–Crippen LogP) is 2.85. The molecular weight excluding hydrogens is 310 g/mol. The van der Waals surface area contributed by atoms with Gasteiger partial charge >= 0.3 is 12.1 Å². The fourth-order valence-corrected chi connectivity index (χ4v) is 2.40. The number of amides is 1. The second-order valence-corrected chi connectivity index (χ2v) is 6.48. The number of carbonyl (C=O) groups excluding carboxylic acids is 1. The molecule has 128 valence electrons. The van der Waals surface area contributed by atoms with Gasteiger partial charge in [0.15, 0.2) is 6.04 Å². The summed E-state index contributed by atoms with van der Waals surface area (Å²) in [5.74, 6) is -1.35. The van der Waals surface area contributed by atoms with Crippen molar-refractivity contribution in [3.8, 4) is 0 Å². The van der Waals surface area contributed by atoms with Crippen LogP contribution in [0.3, 0.4) is 0 Å². The standard InChI is InChI=1S/C18H21NO5/c1-18(2,3)24-17(23)19-14(16(21)22)15(20)13-10-6-8-11-7-4-5-9-12(11)13/h4-10,14-15,20H,1-3H3,(H,19,23)(H,21,22)/t14-,15+/m1/s1. The smallest absolute Gasteiger partial charge is 0.408 e. The van der Waals surface area contributed by atoms with Gasteiger partial charge in [0.2, 0.25) is 0 Å². The summed E-state index contributed by atoms with van der Waals surface area (Å²) in [6, 6.07) is 11.0. The molecule has 2 aromatic rings. The predicted molar refractivity (Wildman–Crippen MR) is 89.7 cm³/mol. The number of carboxylic acid groups (broad SMARTS) is 1. The van der Waals surface area contributed by atoms with Crippen molar-refractivity contribution in [3.05, 3.63) is 48.0 Å². The van der Waals surface area contributed by atoms with Gasteiger partial charge in [0.05, 0.1) is 0 Å². The zero-order valence-electron chi connectivity index (χ0n) is 13.8. The minimum Gasteiger partial charge on any atom is -0.480 e. The number of rotatable bonds is 4. The Morgan fingerprint density at radius 2 is 1.71 bits per heavy atom. The third-order valence-corrected chi connectivity index (χ3v) is 3.40. The number of aliphatic carboxylic acids is 1. The monoisotopic (exact) mass is 331 g/mol. The van der Waals surface area contributed by atoms with Crippen LogP contribution in [0.1, 0.15) is 32.4 Å². The lowest BCUT2D eigenvalue weighted by Crippen LogP contribution is -2.46. The third-order valence-electron chi connectivity index (χ3n) is 3.40. The highest BCUT2D eigenvalue weighted by atomic mass is 16.6. The second kappa shape index (κ2) is 6.88. The lowest BCUT2D eigenvalue weighted by Gasteiger charge is -2.25. The van der Waals surface area contributed by atoms with E-state index in [1.165, 1.54) is 0 Å². The van der Waals surface area contributed by atoms with E-state index in [0.717, 1.165) is 10.8 Å². The van der Waals surface area contributed by atoms with E-state index in [2.05, 4.69) is 5.32 Å². The number of nitrogens with one attached hydrogen (secondary N) is 1. The molecule has 0 saturated carbocycles. The van der Waals surface area contributed by atoms with Crippen LogP contribution in [0.15, 0.2) is 42.5 Å². The van der Waals surface area contributed by atoms with Crippen molar-refractivity contribution in [2.24, 2.45) is 0 Å². The molecule has 2 rings (SSSR count). The summed E-state index contributed by atoms with van der Waals surface area (Å²) in [6.45, 7) is 5.01. The van der Waals surface area contributed by atoms with E-state index in [-0.39, 0.29) is 0 Å². The Morgan fingerprint density at radius 1 is 1.08 bits per heavy atom. The van der Waals surface area contributed by atoms with Crippen LogP contribution in [0.4, 0.5) is 4.79 Å². The first-order chi connectivity index (χ1) is 11.2. The van der Waals surface area contributed by atoms with Gasteiger partial charge in [-0.3, -0.25) is 0 Å². The van der Waals surface area contributed by atoms with Crippen molar-refractivity contribution in [1.82, 2.24) is 5.32 Å². The number of carbonyl (C=O) groups is 2. The second-order valence-electron chi connectivity index (χ2n) is 6.48. The van der Waals surface area contributed by atoms with E-state index < -0.39 is 29.8 Å². The van der Waals surface area contributed by atoms with Crippen molar-refractivity contribution in [1.29, 1.82) is 0 Å². The summed E-state index contributed by atoms with van der Waals surface area (Å²) < 4.78 is 5.07. The van der Waals surface area contributed by atoms with Crippen LogP contribution >= 0.6 is 0 Å². The molecular formula is C18H21NO5. The number of carboxylic acids is 1. The number of benzene rings is 2. The molecule has 0 saturated heterocycles. The molecule has 2 atom stereocenters. The van der Waals surface area contributed by atoms with Crippen molar-refractivity contribution in [3.63, 3.8) is 0 Å². The molecule has 0 bridgehead atoms. The van der Waals surface area contributed by atoms with Crippen molar-refractivity contribution in [2.45, 2.75) is 38.5 Å². The highest BCUT2D eigenvalue weighted by Gasteiger charge is 2.32. The first kappa shape index (κ1) is 17.7.